The maximum Gasteiger partial charge on any atom is 0.243 e. The Morgan fingerprint density at radius 3 is 2.61 bits per heavy atom. The molecule has 3 aromatic rings. The second-order valence-electron chi connectivity index (χ2n) is 5.59. The van der Waals surface area contributed by atoms with Gasteiger partial charge in [-0.1, -0.05) is 45.7 Å². The summed E-state index contributed by atoms with van der Waals surface area (Å²) in [4.78, 5) is 15.0. The van der Waals surface area contributed by atoms with Crippen LogP contribution in [-0.4, -0.2) is 17.9 Å². The lowest BCUT2D eigenvalue weighted by Crippen LogP contribution is -2.24. The highest BCUT2D eigenvalue weighted by Crippen LogP contribution is 2.20. The van der Waals surface area contributed by atoms with Gasteiger partial charge in [-0.05, 0) is 60.4 Å². The van der Waals surface area contributed by atoms with Crippen molar-refractivity contribution in [1.29, 1.82) is 0 Å². The first kappa shape index (κ1) is 16.3. The molecule has 3 rings (SSSR count). The standard InChI is InChI=1S/C18H15BBrClNO/c1-11(23)19-18-15-8-5-13(20)10-17(15)22-16(18)9-4-12-2-6-14(21)7-3-12/h2-3,5-8,10,22H,4,9H2,1H3. The minimum absolute atomic E-state index is 0.0570. The minimum Gasteiger partial charge on any atom is -0.359 e. The minimum atomic E-state index is 0.0570. The lowest BCUT2D eigenvalue weighted by Gasteiger charge is -2.04. The molecular formula is C18H15BBrClNO. The summed E-state index contributed by atoms with van der Waals surface area (Å²) in [5.41, 5.74) is 4.40. The highest BCUT2D eigenvalue weighted by atomic mass is 79.9. The second-order valence-corrected chi connectivity index (χ2v) is 6.94. The maximum atomic E-state index is 11.6. The molecule has 1 radical (unpaired) electrons. The Kier molecular flexibility index (Phi) is 4.93. The summed E-state index contributed by atoms with van der Waals surface area (Å²) in [6.07, 6.45) is 1.73. The van der Waals surface area contributed by atoms with E-state index in [0.29, 0.717) is 0 Å². The largest absolute Gasteiger partial charge is 0.359 e. The molecule has 115 valence electrons. The van der Waals surface area contributed by atoms with Gasteiger partial charge >= 0.3 is 0 Å². The van der Waals surface area contributed by atoms with Gasteiger partial charge in [0, 0.05) is 20.7 Å². The smallest absolute Gasteiger partial charge is 0.243 e. The van der Waals surface area contributed by atoms with Crippen LogP contribution in [0.2, 0.25) is 5.02 Å². The zero-order valence-corrected chi connectivity index (χ0v) is 15.0. The van der Waals surface area contributed by atoms with Gasteiger partial charge in [0.1, 0.15) is 0 Å². The molecule has 0 amide bonds. The molecule has 0 saturated carbocycles. The SMILES string of the molecule is CC(=O)[B]c1c(CCc2ccc(Cl)cc2)[nH]c2cc(Br)ccc12. The van der Waals surface area contributed by atoms with Gasteiger partial charge in [0.05, 0.1) is 5.68 Å². The highest BCUT2D eigenvalue weighted by molar-refractivity contribution is 9.10. The molecule has 0 atom stereocenters. The Balaban J connectivity index is 1.91. The van der Waals surface area contributed by atoms with Crippen molar-refractivity contribution in [2.75, 3.05) is 0 Å². The van der Waals surface area contributed by atoms with Crippen LogP contribution in [0.4, 0.5) is 0 Å². The molecule has 0 aliphatic carbocycles. The number of carbonyl (C=O) groups excluding carboxylic acids is 1. The van der Waals surface area contributed by atoms with E-state index in [1.807, 2.05) is 42.5 Å². The molecule has 0 saturated heterocycles. The number of H-pyrrole nitrogens is 1. The monoisotopic (exact) mass is 386 g/mol. The van der Waals surface area contributed by atoms with Crippen molar-refractivity contribution in [3.8, 4) is 0 Å². The molecule has 2 nitrogen and oxygen atoms in total. The van der Waals surface area contributed by atoms with E-state index in [0.717, 1.165) is 44.4 Å². The molecule has 2 aromatic carbocycles. The number of halogens is 2. The Hall–Kier alpha value is -1.52. The average molecular weight is 387 g/mol. The molecule has 23 heavy (non-hydrogen) atoms. The van der Waals surface area contributed by atoms with Crippen LogP contribution in [-0.2, 0) is 17.6 Å². The van der Waals surface area contributed by atoms with Crippen LogP contribution in [0.15, 0.2) is 46.9 Å². The van der Waals surface area contributed by atoms with Crippen LogP contribution >= 0.6 is 27.5 Å². The number of aryl methyl sites for hydroxylation is 2. The Bertz CT molecular complexity index is 857. The summed E-state index contributed by atoms with van der Waals surface area (Å²) >= 11 is 9.42. The van der Waals surface area contributed by atoms with Crippen molar-refractivity contribution in [3.63, 3.8) is 0 Å². The second kappa shape index (κ2) is 6.94. The summed E-state index contributed by atoms with van der Waals surface area (Å²) in [5, 5.41) is 1.82. The number of aromatic nitrogens is 1. The average Bonchev–Trinajstić information content (AvgIpc) is 2.83. The molecular weight excluding hydrogens is 372 g/mol. The first-order chi connectivity index (χ1) is 11.0. The number of carbonyl (C=O) groups is 1. The van der Waals surface area contributed by atoms with E-state index in [-0.39, 0.29) is 5.68 Å². The Labute approximate surface area is 149 Å². The third kappa shape index (κ3) is 3.88. The lowest BCUT2D eigenvalue weighted by atomic mass is 9.65. The number of nitrogens with one attached hydrogen (secondary N) is 1. The number of rotatable bonds is 5. The summed E-state index contributed by atoms with van der Waals surface area (Å²) in [5.74, 6) is 0. The third-order valence-electron chi connectivity index (χ3n) is 3.81. The molecule has 0 bridgehead atoms. The summed E-state index contributed by atoms with van der Waals surface area (Å²) in [6, 6.07) is 14.0. The van der Waals surface area contributed by atoms with Gasteiger partial charge < -0.3 is 9.78 Å². The molecule has 1 heterocycles. The van der Waals surface area contributed by atoms with Crippen molar-refractivity contribution in [1.82, 2.24) is 4.98 Å². The molecule has 1 aromatic heterocycles. The normalized spacial score (nSPS) is 10.9. The fourth-order valence-corrected chi connectivity index (χ4v) is 3.22. The molecule has 0 unspecified atom stereocenters. The van der Waals surface area contributed by atoms with E-state index in [9.17, 15) is 4.79 Å². The molecule has 0 aliphatic rings. The molecule has 0 spiro atoms. The van der Waals surface area contributed by atoms with Crippen LogP contribution in [0, 0.1) is 0 Å². The predicted molar refractivity (Wildman–Crippen MR) is 101 cm³/mol. The number of hydrogen-bond acceptors (Lipinski definition) is 1. The van der Waals surface area contributed by atoms with Crippen molar-refractivity contribution >= 4 is 56.9 Å². The zero-order chi connectivity index (χ0) is 16.4. The van der Waals surface area contributed by atoms with Gasteiger partial charge in [-0.25, -0.2) is 0 Å². The predicted octanol–water partition coefficient (Wildman–Crippen LogP) is 4.25. The van der Waals surface area contributed by atoms with Gasteiger partial charge in [0.15, 0.2) is 0 Å². The third-order valence-corrected chi connectivity index (χ3v) is 4.55. The first-order valence-electron chi connectivity index (χ1n) is 7.43. The van der Waals surface area contributed by atoms with E-state index >= 15 is 0 Å². The van der Waals surface area contributed by atoms with Crippen LogP contribution in [0.25, 0.3) is 10.9 Å². The first-order valence-corrected chi connectivity index (χ1v) is 8.60. The number of fused-ring (bicyclic) bond motifs is 1. The fraction of sp³-hybridized carbons (Fsp3) is 0.167. The topological polar surface area (TPSA) is 32.9 Å². The van der Waals surface area contributed by atoms with E-state index < -0.39 is 0 Å². The van der Waals surface area contributed by atoms with E-state index in [1.54, 1.807) is 14.2 Å². The summed E-state index contributed by atoms with van der Waals surface area (Å²) < 4.78 is 1.02. The fourth-order valence-electron chi connectivity index (χ4n) is 2.73. The Morgan fingerprint density at radius 2 is 1.91 bits per heavy atom. The van der Waals surface area contributed by atoms with Crippen LogP contribution < -0.4 is 5.46 Å². The van der Waals surface area contributed by atoms with Gasteiger partial charge in [-0.15, -0.1) is 0 Å². The molecule has 0 aliphatic heterocycles. The van der Waals surface area contributed by atoms with Gasteiger partial charge in [-0.3, -0.25) is 0 Å². The number of hydrogen-bond donors (Lipinski definition) is 1. The zero-order valence-electron chi connectivity index (χ0n) is 12.7. The van der Waals surface area contributed by atoms with Gasteiger partial charge in [0.2, 0.25) is 7.28 Å². The van der Waals surface area contributed by atoms with Crippen LogP contribution in [0.3, 0.4) is 0 Å². The summed E-state index contributed by atoms with van der Waals surface area (Å²) in [7, 11) is 1.71. The summed E-state index contributed by atoms with van der Waals surface area (Å²) in [6.45, 7) is 1.58. The molecule has 1 N–H and O–H groups in total. The van der Waals surface area contributed by atoms with Crippen molar-refractivity contribution in [3.05, 3.63) is 63.2 Å². The van der Waals surface area contributed by atoms with E-state index in [2.05, 4.69) is 20.9 Å². The highest BCUT2D eigenvalue weighted by Gasteiger charge is 2.14. The molecule has 5 heteroatoms. The van der Waals surface area contributed by atoms with E-state index in [1.165, 1.54) is 5.56 Å². The quantitative estimate of drug-likeness (QED) is 0.653. The van der Waals surface area contributed by atoms with Gasteiger partial charge in [0.25, 0.3) is 0 Å². The number of aromatic amines is 1. The number of benzene rings is 2. The van der Waals surface area contributed by atoms with Crippen LogP contribution in [0.1, 0.15) is 18.2 Å². The molecule has 0 fully saturated rings. The van der Waals surface area contributed by atoms with E-state index in [4.69, 9.17) is 11.6 Å². The lowest BCUT2D eigenvalue weighted by molar-refractivity contribution is -0.110. The van der Waals surface area contributed by atoms with Crippen molar-refractivity contribution in [2.24, 2.45) is 0 Å². The Morgan fingerprint density at radius 1 is 1.17 bits per heavy atom. The van der Waals surface area contributed by atoms with Crippen molar-refractivity contribution < 1.29 is 4.79 Å². The van der Waals surface area contributed by atoms with Crippen molar-refractivity contribution in [2.45, 2.75) is 19.8 Å². The van der Waals surface area contributed by atoms with Gasteiger partial charge in [-0.2, -0.15) is 0 Å². The van der Waals surface area contributed by atoms with Crippen LogP contribution in [0.5, 0.6) is 0 Å². The maximum absolute atomic E-state index is 11.6.